The fourth-order valence-electron chi connectivity index (χ4n) is 4.53. The molecule has 9 nitrogen and oxygen atoms in total. The summed E-state index contributed by atoms with van der Waals surface area (Å²) in [5, 5.41) is 11.6. The molecule has 2 heterocycles. The lowest BCUT2D eigenvalue weighted by molar-refractivity contribution is -0.384. The highest BCUT2D eigenvalue weighted by Gasteiger charge is 2.26. The average Bonchev–Trinajstić information content (AvgIpc) is 2.88. The van der Waals surface area contributed by atoms with E-state index in [-0.39, 0.29) is 16.5 Å². The largest absolute Gasteiger partial charge is 0.497 e. The fraction of sp³-hybridized carbons (Fsp3) is 0.458. The monoisotopic (exact) mass is 454 g/mol. The number of carbonyl (C=O) groups excluding carboxylic acids is 1. The van der Waals surface area contributed by atoms with E-state index in [0.717, 1.165) is 31.6 Å². The third kappa shape index (κ3) is 4.97. The van der Waals surface area contributed by atoms with Crippen molar-refractivity contribution in [3.8, 4) is 11.5 Å². The van der Waals surface area contributed by atoms with E-state index in [1.165, 1.54) is 6.42 Å². The summed E-state index contributed by atoms with van der Waals surface area (Å²) in [6.45, 7) is 4.13. The number of nitrogens with zero attached hydrogens (tertiary/aromatic N) is 4. The van der Waals surface area contributed by atoms with Crippen LogP contribution < -0.4 is 19.3 Å². The summed E-state index contributed by atoms with van der Waals surface area (Å²) in [7, 11) is 3.12. The zero-order valence-corrected chi connectivity index (χ0v) is 19.2. The minimum atomic E-state index is -0.299. The molecule has 2 saturated heterocycles. The first-order valence-corrected chi connectivity index (χ1v) is 11.3. The van der Waals surface area contributed by atoms with Gasteiger partial charge >= 0.3 is 0 Å². The fourth-order valence-corrected chi connectivity index (χ4v) is 4.53. The van der Waals surface area contributed by atoms with Crippen molar-refractivity contribution in [2.45, 2.75) is 19.3 Å². The number of methoxy groups -OCH3 is 2. The summed E-state index contributed by atoms with van der Waals surface area (Å²) < 4.78 is 10.6. The van der Waals surface area contributed by atoms with Crippen LogP contribution in [0.3, 0.4) is 0 Å². The van der Waals surface area contributed by atoms with E-state index in [1.807, 2.05) is 17.0 Å². The van der Waals surface area contributed by atoms with Crippen LogP contribution in [0.2, 0.25) is 0 Å². The molecule has 9 heteroatoms. The van der Waals surface area contributed by atoms with Crippen molar-refractivity contribution in [2.75, 3.05) is 63.3 Å². The molecular weight excluding hydrogens is 424 g/mol. The number of hydrogen-bond acceptors (Lipinski definition) is 7. The summed E-state index contributed by atoms with van der Waals surface area (Å²) >= 11 is 0. The maximum Gasteiger partial charge on any atom is 0.292 e. The van der Waals surface area contributed by atoms with Gasteiger partial charge in [0.05, 0.1) is 19.1 Å². The zero-order chi connectivity index (χ0) is 23.4. The first-order chi connectivity index (χ1) is 16.0. The number of piperazine rings is 1. The minimum absolute atomic E-state index is 0.0652. The maximum atomic E-state index is 13.1. The number of nitro groups is 1. The highest BCUT2D eigenvalue weighted by molar-refractivity contribution is 5.95. The van der Waals surface area contributed by atoms with Crippen LogP contribution >= 0.6 is 0 Å². The summed E-state index contributed by atoms with van der Waals surface area (Å²) in [5.74, 6) is 1.09. The molecule has 2 aliphatic heterocycles. The molecule has 1 amide bonds. The molecule has 0 unspecified atom stereocenters. The van der Waals surface area contributed by atoms with E-state index in [2.05, 4.69) is 9.80 Å². The summed E-state index contributed by atoms with van der Waals surface area (Å²) in [5.41, 5.74) is 2.33. The third-order valence-electron chi connectivity index (χ3n) is 6.38. The molecule has 2 fully saturated rings. The summed E-state index contributed by atoms with van der Waals surface area (Å²) in [6, 6.07) is 10.5. The number of hydrogen-bond donors (Lipinski definition) is 0. The quantitative estimate of drug-likeness (QED) is 0.487. The van der Waals surface area contributed by atoms with E-state index in [4.69, 9.17) is 9.47 Å². The smallest absolute Gasteiger partial charge is 0.292 e. The molecule has 4 rings (SSSR count). The van der Waals surface area contributed by atoms with E-state index >= 15 is 0 Å². The number of piperidine rings is 1. The van der Waals surface area contributed by atoms with Crippen molar-refractivity contribution in [1.82, 2.24) is 4.90 Å². The van der Waals surface area contributed by atoms with Gasteiger partial charge in [-0.05, 0) is 43.5 Å². The second-order valence-electron chi connectivity index (χ2n) is 8.36. The molecule has 0 spiro atoms. The molecular formula is C24H30N4O5. The van der Waals surface area contributed by atoms with Crippen LogP contribution in [0.15, 0.2) is 36.4 Å². The van der Waals surface area contributed by atoms with Crippen molar-refractivity contribution < 1.29 is 19.2 Å². The average molecular weight is 455 g/mol. The normalized spacial score (nSPS) is 16.5. The Hall–Kier alpha value is -3.49. The number of benzene rings is 2. The lowest BCUT2D eigenvalue weighted by Gasteiger charge is -2.37. The van der Waals surface area contributed by atoms with Gasteiger partial charge in [-0.15, -0.1) is 0 Å². The Labute approximate surface area is 193 Å². The van der Waals surface area contributed by atoms with Gasteiger partial charge in [-0.1, -0.05) is 0 Å². The van der Waals surface area contributed by atoms with Gasteiger partial charge in [0.25, 0.3) is 11.6 Å². The highest BCUT2D eigenvalue weighted by atomic mass is 16.6. The number of ether oxygens (including phenoxy) is 2. The van der Waals surface area contributed by atoms with Crippen molar-refractivity contribution in [3.63, 3.8) is 0 Å². The molecule has 0 atom stereocenters. The zero-order valence-electron chi connectivity index (χ0n) is 19.2. The Morgan fingerprint density at radius 2 is 1.48 bits per heavy atom. The molecule has 0 N–H and O–H groups in total. The van der Waals surface area contributed by atoms with Crippen molar-refractivity contribution in [1.29, 1.82) is 0 Å². The Bertz CT molecular complexity index is 992. The molecule has 0 saturated carbocycles. The molecule has 0 aliphatic carbocycles. The molecule has 2 aromatic carbocycles. The predicted molar refractivity (Wildman–Crippen MR) is 127 cm³/mol. The Kier molecular flexibility index (Phi) is 6.86. The Morgan fingerprint density at radius 1 is 0.848 bits per heavy atom. The molecule has 33 heavy (non-hydrogen) atoms. The van der Waals surface area contributed by atoms with Crippen LogP contribution in [0.25, 0.3) is 0 Å². The lowest BCUT2D eigenvalue weighted by atomic mass is 10.1. The van der Waals surface area contributed by atoms with Crippen LogP contribution in [-0.4, -0.2) is 69.2 Å². The molecule has 0 aromatic heterocycles. The second kappa shape index (κ2) is 9.97. The first-order valence-electron chi connectivity index (χ1n) is 11.3. The van der Waals surface area contributed by atoms with Gasteiger partial charge in [0.2, 0.25) is 0 Å². The van der Waals surface area contributed by atoms with E-state index in [9.17, 15) is 14.9 Å². The number of rotatable bonds is 6. The molecule has 0 radical (unpaired) electrons. The van der Waals surface area contributed by atoms with Gasteiger partial charge in [0.1, 0.15) is 17.2 Å². The van der Waals surface area contributed by atoms with Crippen LogP contribution in [0, 0.1) is 10.1 Å². The Morgan fingerprint density at radius 3 is 2.06 bits per heavy atom. The second-order valence-corrected chi connectivity index (χ2v) is 8.36. The molecule has 176 valence electrons. The van der Waals surface area contributed by atoms with Crippen molar-refractivity contribution in [3.05, 3.63) is 52.1 Å². The van der Waals surface area contributed by atoms with Gasteiger partial charge in [-0.2, -0.15) is 0 Å². The minimum Gasteiger partial charge on any atom is -0.497 e. The number of amides is 1. The lowest BCUT2D eigenvalue weighted by Crippen LogP contribution is -2.48. The summed E-state index contributed by atoms with van der Waals surface area (Å²) in [6.07, 6.45) is 3.27. The molecule has 0 bridgehead atoms. The molecule has 2 aromatic rings. The summed E-state index contributed by atoms with van der Waals surface area (Å²) in [4.78, 5) is 30.5. The standard InChI is InChI=1S/C24H30N4O5/c1-32-20-14-18(15-21(17-20)33-2)24(29)27-12-10-25(11-13-27)19-6-7-22(28(30)31)23(16-19)26-8-4-3-5-9-26/h6-7,14-17H,3-5,8-13H2,1-2H3. The number of anilines is 2. The van der Waals surface area contributed by atoms with E-state index in [0.29, 0.717) is 48.9 Å². The third-order valence-corrected chi connectivity index (χ3v) is 6.38. The van der Waals surface area contributed by atoms with Crippen LogP contribution in [-0.2, 0) is 0 Å². The first kappa shape index (κ1) is 22.7. The van der Waals surface area contributed by atoms with Gasteiger partial charge in [-0.3, -0.25) is 14.9 Å². The number of carbonyl (C=O) groups is 1. The van der Waals surface area contributed by atoms with E-state index < -0.39 is 0 Å². The van der Waals surface area contributed by atoms with Gasteiger partial charge in [0, 0.05) is 62.7 Å². The predicted octanol–water partition coefficient (Wildman–Crippen LogP) is 3.56. The van der Waals surface area contributed by atoms with Gasteiger partial charge in [0.15, 0.2) is 0 Å². The topological polar surface area (TPSA) is 88.4 Å². The Balaban J connectivity index is 1.47. The maximum absolute atomic E-state index is 13.1. The van der Waals surface area contributed by atoms with Crippen LogP contribution in [0.4, 0.5) is 17.1 Å². The SMILES string of the molecule is COc1cc(OC)cc(C(=O)N2CCN(c3ccc([N+](=O)[O-])c(N4CCCCC4)c3)CC2)c1. The van der Waals surface area contributed by atoms with E-state index in [1.54, 1.807) is 38.5 Å². The number of nitro benzene ring substituents is 1. The molecule has 2 aliphatic rings. The van der Waals surface area contributed by atoms with Gasteiger partial charge < -0.3 is 24.2 Å². The van der Waals surface area contributed by atoms with Crippen molar-refractivity contribution in [2.24, 2.45) is 0 Å². The van der Waals surface area contributed by atoms with Crippen LogP contribution in [0.5, 0.6) is 11.5 Å². The van der Waals surface area contributed by atoms with Gasteiger partial charge in [-0.25, -0.2) is 0 Å². The van der Waals surface area contributed by atoms with Crippen molar-refractivity contribution >= 4 is 23.0 Å². The van der Waals surface area contributed by atoms with Crippen LogP contribution in [0.1, 0.15) is 29.6 Å². The highest BCUT2D eigenvalue weighted by Crippen LogP contribution is 2.34.